The van der Waals surface area contributed by atoms with Crippen molar-refractivity contribution >= 4 is 0 Å². The van der Waals surface area contributed by atoms with Crippen molar-refractivity contribution in [1.29, 1.82) is 0 Å². The minimum atomic E-state index is 0.221. The van der Waals surface area contributed by atoms with Crippen LogP contribution in [-0.4, -0.2) is 42.4 Å². The number of nitrogens with zero attached hydrogens (tertiary/aromatic N) is 1. The van der Waals surface area contributed by atoms with Gasteiger partial charge in [0.25, 0.3) is 0 Å². The number of hydrogen-bond acceptors (Lipinski definition) is 4. The van der Waals surface area contributed by atoms with E-state index >= 15 is 0 Å². The summed E-state index contributed by atoms with van der Waals surface area (Å²) < 4.78 is 5.81. The van der Waals surface area contributed by atoms with Gasteiger partial charge < -0.3 is 15.6 Å². The van der Waals surface area contributed by atoms with E-state index in [-0.39, 0.29) is 6.61 Å². The van der Waals surface area contributed by atoms with Gasteiger partial charge in [-0.3, -0.25) is 4.90 Å². The molecule has 3 N–H and O–H groups in total. The Morgan fingerprint density at radius 3 is 2.75 bits per heavy atom. The van der Waals surface area contributed by atoms with Crippen LogP contribution in [0, 0.1) is 0 Å². The Morgan fingerprint density at radius 2 is 2.05 bits per heavy atom. The van der Waals surface area contributed by atoms with Crippen molar-refractivity contribution in [2.45, 2.75) is 38.3 Å². The third-order valence-electron chi connectivity index (χ3n) is 4.01. The van der Waals surface area contributed by atoms with Crippen LogP contribution < -0.4 is 10.5 Å². The summed E-state index contributed by atoms with van der Waals surface area (Å²) in [6.45, 7) is 3.04. The second kappa shape index (κ2) is 8.25. The molecule has 0 bridgehead atoms. The van der Waals surface area contributed by atoms with Gasteiger partial charge in [-0.05, 0) is 30.5 Å². The molecule has 112 valence electrons. The van der Waals surface area contributed by atoms with Gasteiger partial charge in [0, 0.05) is 25.7 Å². The van der Waals surface area contributed by atoms with E-state index in [1.54, 1.807) is 0 Å². The van der Waals surface area contributed by atoms with Gasteiger partial charge in [-0.2, -0.15) is 0 Å². The molecule has 1 aromatic carbocycles. The summed E-state index contributed by atoms with van der Waals surface area (Å²) in [4.78, 5) is 2.36. The minimum Gasteiger partial charge on any atom is -0.492 e. The molecule has 0 saturated heterocycles. The second-order valence-corrected chi connectivity index (χ2v) is 5.40. The molecule has 20 heavy (non-hydrogen) atoms. The van der Waals surface area contributed by atoms with Gasteiger partial charge in [-0.25, -0.2) is 0 Å². The highest BCUT2D eigenvalue weighted by Gasteiger charge is 2.21. The first-order valence-electron chi connectivity index (χ1n) is 7.60. The van der Waals surface area contributed by atoms with Gasteiger partial charge in [-0.15, -0.1) is 0 Å². The lowest BCUT2D eigenvalue weighted by Gasteiger charge is -2.27. The van der Waals surface area contributed by atoms with Crippen LogP contribution in [0.1, 0.15) is 31.2 Å². The Morgan fingerprint density at radius 1 is 1.25 bits per heavy atom. The van der Waals surface area contributed by atoms with Crippen LogP contribution in [0.15, 0.2) is 24.3 Å². The summed E-state index contributed by atoms with van der Waals surface area (Å²) in [5.41, 5.74) is 6.71. The molecule has 1 aromatic rings. The van der Waals surface area contributed by atoms with Gasteiger partial charge in [0.1, 0.15) is 12.4 Å². The molecule has 0 unspecified atom stereocenters. The van der Waals surface area contributed by atoms with Crippen molar-refractivity contribution in [3.05, 3.63) is 29.8 Å². The summed E-state index contributed by atoms with van der Waals surface area (Å²) >= 11 is 0. The predicted octanol–water partition coefficient (Wildman–Crippen LogP) is 1.76. The smallest absolute Gasteiger partial charge is 0.119 e. The molecule has 1 aliphatic rings. The fourth-order valence-corrected chi connectivity index (χ4v) is 2.92. The van der Waals surface area contributed by atoms with Crippen LogP contribution >= 0.6 is 0 Å². The van der Waals surface area contributed by atoms with E-state index in [0.717, 1.165) is 24.4 Å². The Labute approximate surface area is 121 Å². The fourth-order valence-electron chi connectivity index (χ4n) is 2.92. The van der Waals surface area contributed by atoms with Crippen molar-refractivity contribution < 1.29 is 9.84 Å². The normalized spacial score (nSPS) is 15.9. The van der Waals surface area contributed by atoms with Crippen LogP contribution in [-0.2, 0) is 6.54 Å². The second-order valence-electron chi connectivity index (χ2n) is 5.40. The number of hydrogen-bond donors (Lipinski definition) is 2. The molecule has 0 aromatic heterocycles. The predicted molar refractivity (Wildman–Crippen MR) is 80.7 cm³/mol. The fraction of sp³-hybridized carbons (Fsp3) is 0.625. The lowest BCUT2D eigenvalue weighted by Crippen LogP contribution is -2.38. The summed E-state index contributed by atoms with van der Waals surface area (Å²) in [6.07, 6.45) is 5.13. The zero-order valence-corrected chi connectivity index (χ0v) is 12.1. The van der Waals surface area contributed by atoms with E-state index < -0.39 is 0 Å². The Bertz CT molecular complexity index is 392. The van der Waals surface area contributed by atoms with Gasteiger partial charge in [0.05, 0.1) is 6.61 Å². The van der Waals surface area contributed by atoms with Crippen LogP contribution in [0.2, 0.25) is 0 Å². The molecule has 2 rings (SSSR count). The van der Waals surface area contributed by atoms with Crippen molar-refractivity contribution in [2.75, 3.05) is 26.3 Å². The molecule has 1 aliphatic carbocycles. The molecule has 0 atom stereocenters. The zero-order valence-electron chi connectivity index (χ0n) is 12.1. The van der Waals surface area contributed by atoms with Crippen molar-refractivity contribution in [1.82, 2.24) is 4.90 Å². The van der Waals surface area contributed by atoms with Crippen molar-refractivity contribution in [3.63, 3.8) is 0 Å². The molecule has 1 fully saturated rings. The number of aliphatic hydroxyl groups is 1. The molecular weight excluding hydrogens is 252 g/mol. The van der Waals surface area contributed by atoms with E-state index in [1.165, 1.54) is 25.7 Å². The standard InChI is InChI=1S/C16H26N2O2/c17-13-14-4-3-7-16(12-14)20-11-9-18(8-10-19)15-5-1-2-6-15/h3-4,7,12,15,19H,1-2,5-6,8-11,13,17H2. The molecule has 0 amide bonds. The first-order chi connectivity index (χ1) is 9.83. The molecule has 1 saturated carbocycles. The summed E-state index contributed by atoms with van der Waals surface area (Å²) in [6, 6.07) is 8.56. The maximum absolute atomic E-state index is 9.19. The lowest BCUT2D eigenvalue weighted by atomic mass is 10.2. The lowest BCUT2D eigenvalue weighted by molar-refractivity contribution is 0.129. The highest BCUT2D eigenvalue weighted by Crippen LogP contribution is 2.23. The summed E-state index contributed by atoms with van der Waals surface area (Å²) in [7, 11) is 0. The molecule has 0 heterocycles. The van der Waals surface area contributed by atoms with Gasteiger partial charge >= 0.3 is 0 Å². The van der Waals surface area contributed by atoms with Crippen LogP contribution in [0.3, 0.4) is 0 Å². The third-order valence-corrected chi connectivity index (χ3v) is 4.01. The van der Waals surface area contributed by atoms with E-state index in [0.29, 0.717) is 19.2 Å². The number of benzene rings is 1. The summed E-state index contributed by atoms with van der Waals surface area (Å²) in [5.74, 6) is 0.878. The van der Waals surface area contributed by atoms with Crippen molar-refractivity contribution in [3.8, 4) is 5.75 Å². The average molecular weight is 278 g/mol. The van der Waals surface area contributed by atoms with Crippen LogP contribution in [0.25, 0.3) is 0 Å². The average Bonchev–Trinajstić information content (AvgIpc) is 3.01. The van der Waals surface area contributed by atoms with Crippen LogP contribution in [0.4, 0.5) is 0 Å². The number of rotatable bonds is 8. The SMILES string of the molecule is NCc1cccc(OCCN(CCO)C2CCCC2)c1. The number of nitrogens with two attached hydrogens (primary N) is 1. The molecular formula is C16H26N2O2. The Hall–Kier alpha value is -1.10. The van der Waals surface area contributed by atoms with Gasteiger partial charge in [-0.1, -0.05) is 25.0 Å². The molecule has 4 nitrogen and oxygen atoms in total. The molecule has 4 heteroatoms. The topological polar surface area (TPSA) is 58.7 Å². The highest BCUT2D eigenvalue weighted by molar-refractivity contribution is 5.28. The number of aliphatic hydroxyl groups excluding tert-OH is 1. The van der Waals surface area contributed by atoms with Gasteiger partial charge in [0.15, 0.2) is 0 Å². The van der Waals surface area contributed by atoms with E-state index in [9.17, 15) is 5.11 Å². The first kappa shape index (κ1) is 15.3. The molecule has 0 radical (unpaired) electrons. The first-order valence-corrected chi connectivity index (χ1v) is 7.60. The maximum atomic E-state index is 9.19. The Balaban J connectivity index is 1.79. The summed E-state index contributed by atoms with van der Waals surface area (Å²) in [5, 5.41) is 9.19. The minimum absolute atomic E-state index is 0.221. The van der Waals surface area contributed by atoms with Crippen molar-refractivity contribution in [2.24, 2.45) is 5.73 Å². The Kier molecular flexibility index (Phi) is 6.30. The molecule has 0 aliphatic heterocycles. The monoisotopic (exact) mass is 278 g/mol. The largest absolute Gasteiger partial charge is 0.492 e. The molecule has 0 spiro atoms. The maximum Gasteiger partial charge on any atom is 0.119 e. The highest BCUT2D eigenvalue weighted by atomic mass is 16.5. The van der Waals surface area contributed by atoms with Gasteiger partial charge in [0.2, 0.25) is 0 Å². The zero-order chi connectivity index (χ0) is 14.2. The van der Waals surface area contributed by atoms with E-state index in [4.69, 9.17) is 10.5 Å². The van der Waals surface area contributed by atoms with E-state index in [1.807, 2.05) is 24.3 Å². The quantitative estimate of drug-likeness (QED) is 0.761. The third kappa shape index (κ3) is 4.47. The number of ether oxygens (including phenoxy) is 1. The van der Waals surface area contributed by atoms with E-state index in [2.05, 4.69) is 4.90 Å². The van der Waals surface area contributed by atoms with Crippen LogP contribution in [0.5, 0.6) is 5.75 Å².